The molecule has 0 aliphatic carbocycles. The lowest BCUT2D eigenvalue weighted by Gasteiger charge is -2.41. The maximum absolute atomic E-state index is 13.8. The standard InChI is InChI=1S/C29H29N5O5/c1-2-29(38)22-11-24-26-20(14-34(24)27(36)21(22)15-39-28(29)37)19(13-33-12-17(9-10-35)31-32-33)25-18-6-4-3-5-16(18)7-8-23(25)30-26/h3-8,12,24,31-32,35,38H,2,9-11,13-15H2,1H3/t24?,29-/m0/s1. The predicted octanol–water partition coefficient (Wildman–Crippen LogP) is 2.22. The van der Waals surface area contributed by atoms with Gasteiger partial charge in [0, 0.05) is 42.4 Å². The Morgan fingerprint density at radius 2 is 2.05 bits per heavy atom. The molecule has 2 aromatic carbocycles. The first-order chi connectivity index (χ1) is 18.9. The van der Waals surface area contributed by atoms with E-state index in [4.69, 9.17) is 9.72 Å². The van der Waals surface area contributed by atoms with E-state index in [0.717, 1.165) is 44.2 Å². The van der Waals surface area contributed by atoms with E-state index in [9.17, 15) is 19.8 Å². The molecule has 1 amide bonds. The van der Waals surface area contributed by atoms with Gasteiger partial charge in [-0.1, -0.05) is 37.3 Å². The lowest BCUT2D eigenvalue weighted by molar-refractivity contribution is -0.165. The summed E-state index contributed by atoms with van der Waals surface area (Å²) in [4.78, 5) is 33.3. The molecule has 1 aromatic heterocycles. The summed E-state index contributed by atoms with van der Waals surface area (Å²) in [6, 6.07) is 11.9. The van der Waals surface area contributed by atoms with Gasteiger partial charge in [0.15, 0.2) is 5.60 Å². The van der Waals surface area contributed by atoms with Crippen LogP contribution in [0.3, 0.4) is 0 Å². The van der Waals surface area contributed by atoms with Crippen molar-refractivity contribution in [3.05, 3.63) is 76.3 Å². The Morgan fingerprint density at radius 1 is 1.21 bits per heavy atom. The number of aliphatic hydroxyl groups excluding tert-OH is 1. The number of nitrogens with one attached hydrogen (secondary N) is 2. The number of aromatic nitrogens is 1. The molecule has 7 rings (SSSR count). The van der Waals surface area contributed by atoms with Gasteiger partial charge in [0.2, 0.25) is 0 Å². The van der Waals surface area contributed by atoms with Crippen molar-refractivity contribution in [2.24, 2.45) is 0 Å². The number of pyridine rings is 1. The molecule has 0 fully saturated rings. The molecule has 1 unspecified atom stereocenters. The second kappa shape index (κ2) is 8.77. The van der Waals surface area contributed by atoms with Crippen molar-refractivity contribution in [2.45, 2.75) is 50.9 Å². The van der Waals surface area contributed by atoms with Crippen LogP contribution in [0.5, 0.6) is 0 Å². The van der Waals surface area contributed by atoms with E-state index in [1.54, 1.807) is 11.8 Å². The van der Waals surface area contributed by atoms with Crippen LogP contribution < -0.4 is 11.0 Å². The van der Waals surface area contributed by atoms with Crippen LogP contribution in [-0.2, 0) is 27.4 Å². The third kappa shape index (κ3) is 3.48. The van der Waals surface area contributed by atoms with Crippen LogP contribution in [-0.4, -0.2) is 55.8 Å². The molecular formula is C29H29N5O5. The topological polar surface area (TPSA) is 127 Å². The van der Waals surface area contributed by atoms with Crippen molar-refractivity contribution in [3.63, 3.8) is 0 Å². The smallest absolute Gasteiger partial charge is 0.342 e. The number of hydrazine groups is 2. The van der Waals surface area contributed by atoms with E-state index in [1.165, 1.54) is 0 Å². The molecule has 3 aromatic rings. The van der Waals surface area contributed by atoms with Crippen LogP contribution in [0, 0.1) is 0 Å². The van der Waals surface area contributed by atoms with Gasteiger partial charge < -0.3 is 25.3 Å². The molecule has 0 saturated carbocycles. The SMILES string of the molecule is CC[C@@]1(O)C(=O)OCC2=C1CC1c3nc4ccc5ccccc5c4c(CN4C=C(CCO)NN4)c3CN1C2=O. The van der Waals surface area contributed by atoms with Gasteiger partial charge in [0.25, 0.3) is 5.91 Å². The highest BCUT2D eigenvalue weighted by atomic mass is 16.6. The lowest BCUT2D eigenvalue weighted by Crippen LogP contribution is -2.51. The van der Waals surface area contributed by atoms with Crippen LogP contribution in [0.15, 0.2) is 59.4 Å². The molecular weight excluding hydrogens is 498 g/mol. The second-order valence-electron chi connectivity index (χ2n) is 10.5. The number of carbonyl (C=O) groups is 2. The zero-order valence-corrected chi connectivity index (χ0v) is 21.5. The van der Waals surface area contributed by atoms with Gasteiger partial charge in [-0.3, -0.25) is 14.8 Å². The summed E-state index contributed by atoms with van der Waals surface area (Å²) in [5, 5.41) is 25.8. The maximum atomic E-state index is 13.8. The minimum Gasteiger partial charge on any atom is -0.458 e. The highest BCUT2D eigenvalue weighted by molar-refractivity contribution is 6.08. The monoisotopic (exact) mass is 527 g/mol. The van der Waals surface area contributed by atoms with E-state index in [-0.39, 0.29) is 31.6 Å². The normalized spacial score (nSPS) is 24.1. The summed E-state index contributed by atoms with van der Waals surface area (Å²) < 4.78 is 5.25. The molecule has 10 heteroatoms. The number of benzene rings is 2. The summed E-state index contributed by atoms with van der Waals surface area (Å²) in [6.07, 6.45) is 2.92. The molecule has 0 spiro atoms. The van der Waals surface area contributed by atoms with E-state index in [2.05, 4.69) is 29.2 Å². The summed E-state index contributed by atoms with van der Waals surface area (Å²) in [7, 11) is 0. The fraction of sp³-hybridized carbons (Fsp3) is 0.345. The third-order valence-corrected chi connectivity index (χ3v) is 8.50. The Labute approximate surface area is 224 Å². The molecule has 4 aliphatic rings. The third-order valence-electron chi connectivity index (χ3n) is 8.50. The highest BCUT2D eigenvalue weighted by Gasteiger charge is 2.52. The highest BCUT2D eigenvalue weighted by Crippen LogP contribution is 2.49. The van der Waals surface area contributed by atoms with Crippen molar-refractivity contribution in [3.8, 4) is 0 Å². The Balaban J connectivity index is 1.39. The minimum atomic E-state index is -1.80. The fourth-order valence-corrected chi connectivity index (χ4v) is 6.47. The summed E-state index contributed by atoms with van der Waals surface area (Å²) >= 11 is 0. The van der Waals surface area contributed by atoms with Crippen LogP contribution in [0.4, 0.5) is 0 Å². The van der Waals surface area contributed by atoms with Gasteiger partial charge >= 0.3 is 5.97 Å². The van der Waals surface area contributed by atoms with Crippen molar-refractivity contribution < 1.29 is 24.5 Å². The number of ether oxygens (including phenoxy) is 1. The van der Waals surface area contributed by atoms with Crippen molar-refractivity contribution in [1.82, 2.24) is 25.9 Å². The van der Waals surface area contributed by atoms with Gasteiger partial charge in [0.1, 0.15) is 6.61 Å². The van der Waals surface area contributed by atoms with Gasteiger partial charge in [-0.2, -0.15) is 0 Å². The molecule has 39 heavy (non-hydrogen) atoms. The molecule has 0 bridgehead atoms. The molecule has 4 aliphatic heterocycles. The van der Waals surface area contributed by atoms with Crippen LogP contribution in [0.2, 0.25) is 0 Å². The summed E-state index contributed by atoms with van der Waals surface area (Å²) in [6.45, 7) is 2.52. The van der Waals surface area contributed by atoms with E-state index >= 15 is 0 Å². The van der Waals surface area contributed by atoms with Gasteiger partial charge in [-0.25, -0.2) is 4.79 Å². The summed E-state index contributed by atoms with van der Waals surface area (Å²) in [5.74, 6) is -0.912. The molecule has 4 N–H and O–H groups in total. The van der Waals surface area contributed by atoms with E-state index in [1.807, 2.05) is 29.4 Å². The lowest BCUT2D eigenvalue weighted by atomic mass is 9.79. The van der Waals surface area contributed by atoms with Crippen molar-refractivity contribution in [1.29, 1.82) is 0 Å². The number of amides is 1. The number of nitrogens with zero attached hydrogens (tertiary/aromatic N) is 3. The Morgan fingerprint density at radius 3 is 2.87 bits per heavy atom. The second-order valence-corrected chi connectivity index (χ2v) is 10.5. The maximum Gasteiger partial charge on any atom is 0.342 e. The Kier molecular flexibility index (Phi) is 5.41. The molecule has 2 atom stereocenters. The number of cyclic esters (lactones) is 1. The Bertz CT molecular complexity index is 1630. The van der Waals surface area contributed by atoms with E-state index < -0.39 is 11.6 Å². The number of aliphatic hydroxyl groups is 2. The average molecular weight is 528 g/mol. The number of carbonyl (C=O) groups excluding carboxylic acids is 2. The van der Waals surface area contributed by atoms with Crippen LogP contribution in [0.25, 0.3) is 21.7 Å². The van der Waals surface area contributed by atoms with Gasteiger partial charge in [0.05, 0.1) is 29.4 Å². The summed E-state index contributed by atoms with van der Waals surface area (Å²) in [5.41, 5.74) is 9.86. The Hall–Kier alpha value is -3.99. The van der Waals surface area contributed by atoms with Crippen LogP contribution in [0.1, 0.15) is 49.0 Å². The first-order valence-corrected chi connectivity index (χ1v) is 13.3. The quantitative estimate of drug-likeness (QED) is 0.292. The zero-order chi connectivity index (χ0) is 26.9. The molecule has 10 nitrogen and oxygen atoms in total. The van der Waals surface area contributed by atoms with Crippen molar-refractivity contribution in [2.75, 3.05) is 13.2 Å². The fourth-order valence-electron chi connectivity index (χ4n) is 6.47. The number of hydrogen-bond donors (Lipinski definition) is 4. The zero-order valence-electron chi connectivity index (χ0n) is 21.5. The van der Waals surface area contributed by atoms with Crippen LogP contribution >= 0.6 is 0 Å². The largest absolute Gasteiger partial charge is 0.458 e. The number of hydrogen-bond acceptors (Lipinski definition) is 9. The number of fused-ring (bicyclic) bond motifs is 6. The predicted molar refractivity (Wildman–Crippen MR) is 142 cm³/mol. The first kappa shape index (κ1) is 24.1. The molecule has 200 valence electrons. The first-order valence-electron chi connectivity index (χ1n) is 13.3. The molecule has 0 saturated heterocycles. The van der Waals surface area contributed by atoms with Gasteiger partial charge in [-0.15, -0.1) is 5.53 Å². The number of rotatable bonds is 5. The molecule has 0 radical (unpaired) electrons. The number of esters is 1. The minimum absolute atomic E-state index is 0.0410. The van der Waals surface area contributed by atoms with Gasteiger partial charge in [-0.05, 0) is 40.8 Å². The molecule has 5 heterocycles. The van der Waals surface area contributed by atoms with Crippen molar-refractivity contribution >= 4 is 33.6 Å². The van der Waals surface area contributed by atoms with E-state index in [0.29, 0.717) is 37.1 Å². The average Bonchev–Trinajstić information content (AvgIpc) is 3.55.